The number of unbranched alkanes of at least 4 members (excludes halogenated alkanes) is 3. The highest BCUT2D eigenvalue weighted by Gasteiger charge is 2.32. The molecule has 3 aliphatic heterocycles. The predicted molar refractivity (Wildman–Crippen MR) is 287 cm³/mol. The Balaban J connectivity index is 1.01. The summed E-state index contributed by atoms with van der Waals surface area (Å²) in [4.78, 5) is 113. The van der Waals surface area contributed by atoms with Crippen LogP contribution in [0.3, 0.4) is 0 Å². The van der Waals surface area contributed by atoms with Gasteiger partial charge in [-0.3, -0.25) is 62.9 Å². The molecule has 0 saturated carbocycles. The zero-order chi connectivity index (χ0) is 55.7. The highest BCUT2D eigenvalue weighted by atomic mass is 16.4. The van der Waals surface area contributed by atoms with Gasteiger partial charge in [0.05, 0.1) is 50.6 Å². The second-order valence-electron chi connectivity index (χ2n) is 21.0. The van der Waals surface area contributed by atoms with Crippen molar-refractivity contribution in [1.29, 1.82) is 0 Å². The highest BCUT2D eigenvalue weighted by Crippen LogP contribution is 2.29. The molecule has 426 valence electrons. The van der Waals surface area contributed by atoms with Gasteiger partial charge in [0.1, 0.15) is 0 Å². The van der Waals surface area contributed by atoms with Gasteiger partial charge < -0.3 is 46.6 Å². The molecule has 3 aliphatic rings. The van der Waals surface area contributed by atoms with Gasteiger partial charge in [-0.2, -0.15) is 0 Å². The number of nitrogens with one attached hydrogen (secondary N) is 4. The maximum absolute atomic E-state index is 13.6. The number of aromatic nitrogens is 1. The van der Waals surface area contributed by atoms with Gasteiger partial charge in [0.15, 0.2) is 0 Å². The minimum Gasteiger partial charge on any atom is -0.481 e. The lowest BCUT2D eigenvalue weighted by Crippen LogP contribution is -2.53. The summed E-state index contributed by atoms with van der Waals surface area (Å²) in [6.45, 7) is 8.22. The molecule has 4 atom stereocenters. The fraction of sp³-hybridized carbons (Fsp3) is 0.655. The molecule has 4 heterocycles. The monoisotopic (exact) mass is 1080 g/mol. The molecule has 0 radical (unpaired) electrons. The first kappa shape index (κ1) is 61.8. The van der Waals surface area contributed by atoms with Gasteiger partial charge in [0.2, 0.25) is 23.6 Å². The summed E-state index contributed by atoms with van der Waals surface area (Å²) in [7, 11) is 0. The zero-order valence-electron chi connectivity index (χ0n) is 45.2. The van der Waals surface area contributed by atoms with Crippen molar-refractivity contribution in [2.45, 2.75) is 109 Å². The number of likely N-dealkylation sites (tertiary alicyclic amines) is 1. The van der Waals surface area contributed by atoms with E-state index in [1.54, 1.807) is 38.9 Å². The van der Waals surface area contributed by atoms with Gasteiger partial charge in [-0.15, -0.1) is 0 Å². The van der Waals surface area contributed by atoms with E-state index in [1.807, 2.05) is 11.0 Å². The summed E-state index contributed by atoms with van der Waals surface area (Å²) < 4.78 is 0. The number of pyridine rings is 1. The Hall–Kier alpha value is -6.07. The summed E-state index contributed by atoms with van der Waals surface area (Å²) >= 11 is 0. The van der Waals surface area contributed by atoms with Crippen LogP contribution in [0.4, 0.5) is 0 Å². The fourth-order valence-corrected chi connectivity index (χ4v) is 10.4. The van der Waals surface area contributed by atoms with E-state index in [-0.39, 0.29) is 109 Å². The summed E-state index contributed by atoms with van der Waals surface area (Å²) in [5.41, 5.74) is 3.76. The molecule has 3 fully saturated rings. The van der Waals surface area contributed by atoms with Gasteiger partial charge in [0.25, 0.3) is 0 Å². The van der Waals surface area contributed by atoms with Crippen molar-refractivity contribution in [2.24, 2.45) is 11.8 Å². The molecule has 1 aromatic carbocycles. The van der Waals surface area contributed by atoms with Crippen LogP contribution in [0.25, 0.3) is 0 Å². The van der Waals surface area contributed by atoms with Gasteiger partial charge in [-0.05, 0) is 99.6 Å². The molecule has 3 saturated heterocycles. The number of carboxylic acids is 4. The number of hydrogen-bond donors (Lipinski definition) is 8. The average molecular weight is 1080 g/mol. The third-order valence-corrected chi connectivity index (χ3v) is 15.2. The minimum atomic E-state index is -1.04. The molecule has 0 spiro atoms. The van der Waals surface area contributed by atoms with Crippen molar-refractivity contribution < 1.29 is 58.8 Å². The van der Waals surface area contributed by atoms with Crippen LogP contribution in [0.5, 0.6) is 0 Å². The standard InChI is InChI=1S/C55H84N10O12/c1-39(45-30-46(33-57-32-45)47(31-50(68)69)60-55(77)44-9-7-21-65(35-44)49(67)15-12-42-16-19-56-20-17-42)43-13-10-41(11-14-43)8-5-3-4-6-18-58-48(66)34-59-54(76)40(2)64-28-26-62(37-52(72)73)24-22-61(36-51(70)71)23-25-63(27-29-64)38-53(74)75/h10-11,13-14,30,32-33,39-40,42,44,47,56H,3-9,12,15-29,31,34-38H2,1-2H3,(H,58,66)(H,59,76)(H,60,77)(H,68,69)(H,70,71)(H,72,73)(H,74,75)/t39?,40-,44+,47-/m0/s1. The number of nitrogens with zero attached hydrogens (tertiary/aromatic N) is 6. The Morgan fingerprint density at radius 3 is 1.86 bits per heavy atom. The molecule has 4 amide bonds. The Morgan fingerprint density at radius 2 is 1.26 bits per heavy atom. The van der Waals surface area contributed by atoms with E-state index in [0.717, 1.165) is 82.0 Å². The normalized spacial score (nSPS) is 19.1. The van der Waals surface area contributed by atoms with E-state index in [2.05, 4.69) is 57.4 Å². The Morgan fingerprint density at radius 1 is 0.675 bits per heavy atom. The molecule has 0 aliphatic carbocycles. The van der Waals surface area contributed by atoms with Crippen LogP contribution in [0, 0.1) is 11.8 Å². The number of carboxylic acid groups (broad SMARTS) is 4. The van der Waals surface area contributed by atoms with Gasteiger partial charge in [-0.25, -0.2) is 0 Å². The maximum Gasteiger partial charge on any atom is 0.317 e. The lowest BCUT2D eigenvalue weighted by Gasteiger charge is -2.35. The molecule has 5 rings (SSSR count). The molecule has 22 heteroatoms. The number of amides is 4. The molecular weight excluding hydrogens is 993 g/mol. The van der Waals surface area contributed by atoms with Crippen LogP contribution < -0.4 is 21.3 Å². The van der Waals surface area contributed by atoms with Crippen molar-refractivity contribution in [1.82, 2.24) is 50.8 Å². The number of piperidine rings is 2. The van der Waals surface area contributed by atoms with Crippen molar-refractivity contribution in [3.63, 3.8) is 0 Å². The highest BCUT2D eigenvalue weighted by molar-refractivity contribution is 5.87. The molecule has 1 unspecified atom stereocenters. The first-order chi connectivity index (χ1) is 36.9. The topological polar surface area (TPSA) is 295 Å². The first-order valence-electron chi connectivity index (χ1n) is 27.6. The molecule has 0 bridgehead atoms. The number of hydrogen-bond acceptors (Lipinski definition) is 14. The molecule has 2 aromatic rings. The van der Waals surface area contributed by atoms with Crippen molar-refractivity contribution >= 4 is 47.5 Å². The lowest BCUT2D eigenvalue weighted by atomic mass is 9.90. The van der Waals surface area contributed by atoms with E-state index in [0.29, 0.717) is 44.0 Å². The number of rotatable bonds is 27. The zero-order valence-corrected chi connectivity index (χ0v) is 45.2. The van der Waals surface area contributed by atoms with Crippen molar-refractivity contribution in [3.8, 4) is 0 Å². The Labute approximate surface area is 452 Å². The molecule has 8 N–H and O–H groups in total. The first-order valence-corrected chi connectivity index (χ1v) is 27.6. The minimum absolute atomic E-state index is 0.0560. The summed E-state index contributed by atoms with van der Waals surface area (Å²) in [6, 6.07) is 8.82. The fourth-order valence-electron chi connectivity index (χ4n) is 10.4. The second-order valence-corrected chi connectivity index (χ2v) is 21.0. The predicted octanol–water partition coefficient (Wildman–Crippen LogP) is 2.08. The van der Waals surface area contributed by atoms with Crippen LogP contribution in [0.2, 0.25) is 0 Å². The van der Waals surface area contributed by atoms with Crippen molar-refractivity contribution in [2.75, 3.05) is 111 Å². The van der Waals surface area contributed by atoms with Crippen molar-refractivity contribution in [3.05, 3.63) is 65.0 Å². The van der Waals surface area contributed by atoms with E-state index in [1.165, 1.54) is 5.56 Å². The number of aliphatic carboxylic acids is 4. The number of benzene rings is 1. The van der Waals surface area contributed by atoms with Crippen LogP contribution in [-0.4, -0.2) is 215 Å². The maximum atomic E-state index is 13.6. The largest absolute Gasteiger partial charge is 0.481 e. The molecular formula is C55H84N10O12. The number of aryl methyl sites for hydroxylation is 1. The summed E-state index contributed by atoms with van der Waals surface area (Å²) in [5, 5.41) is 50.2. The molecule has 1 aromatic heterocycles. The Kier molecular flexibility index (Phi) is 26.2. The van der Waals surface area contributed by atoms with E-state index in [4.69, 9.17) is 0 Å². The van der Waals surface area contributed by atoms with Gasteiger partial charge in [-0.1, -0.05) is 50.1 Å². The quantitative estimate of drug-likeness (QED) is 0.0594. The van der Waals surface area contributed by atoms with Gasteiger partial charge >= 0.3 is 23.9 Å². The van der Waals surface area contributed by atoms with Gasteiger partial charge in [0, 0.05) is 96.7 Å². The third kappa shape index (κ3) is 22.4. The summed E-state index contributed by atoms with van der Waals surface area (Å²) in [5.74, 6) is -4.99. The van der Waals surface area contributed by atoms with Crippen LogP contribution in [0.1, 0.15) is 119 Å². The average Bonchev–Trinajstić information content (AvgIpc) is 3.41. The molecule has 22 nitrogen and oxygen atoms in total. The number of carbonyl (C=O) groups is 8. The Bertz CT molecular complexity index is 2220. The third-order valence-electron chi connectivity index (χ3n) is 15.2. The van der Waals surface area contributed by atoms with Crippen LogP contribution in [-0.2, 0) is 44.8 Å². The van der Waals surface area contributed by atoms with E-state index < -0.39 is 47.8 Å². The second kappa shape index (κ2) is 32.6. The van der Waals surface area contributed by atoms with Crippen LogP contribution >= 0.6 is 0 Å². The molecule has 77 heavy (non-hydrogen) atoms. The van der Waals surface area contributed by atoms with Crippen LogP contribution in [0.15, 0.2) is 42.7 Å². The SMILES string of the molecule is CC(c1ccc(CCCCCCNC(=O)CNC(=O)[C@H](C)N2CCN(CC(=O)O)CCN(CC(=O)O)CCN(CC(=O)O)CC2)cc1)c1cncc([C@H](CC(=O)O)NC(=O)[C@@H]2CCCN(C(=O)CCC3CCNCC3)C2)c1. The number of carbonyl (C=O) groups excluding carboxylic acids is 4. The summed E-state index contributed by atoms with van der Waals surface area (Å²) in [6.07, 6.45) is 12.4. The van der Waals surface area contributed by atoms with E-state index >= 15 is 0 Å². The van der Waals surface area contributed by atoms with E-state index in [9.17, 15) is 58.8 Å². The smallest absolute Gasteiger partial charge is 0.317 e. The lowest BCUT2D eigenvalue weighted by molar-refractivity contribution is -0.140.